The van der Waals surface area contributed by atoms with Crippen molar-refractivity contribution >= 4 is 23.2 Å². The van der Waals surface area contributed by atoms with Crippen LogP contribution in [0.1, 0.15) is 53.9 Å². The van der Waals surface area contributed by atoms with Gasteiger partial charge in [0.1, 0.15) is 18.4 Å². The normalized spacial score (nSPS) is 17.1. The Balaban J connectivity index is 0.000000305. The minimum atomic E-state index is 0.234. The summed E-state index contributed by atoms with van der Waals surface area (Å²) in [6.07, 6.45) is 5.67. The second kappa shape index (κ2) is 11.7. The number of benzene rings is 2. The number of ether oxygens (including phenoxy) is 2. The quantitative estimate of drug-likeness (QED) is 0.417. The molecule has 0 heterocycles. The third-order valence-electron chi connectivity index (χ3n) is 5.81. The highest BCUT2D eigenvalue weighted by molar-refractivity contribution is 6.32. The zero-order chi connectivity index (χ0) is 23.1. The van der Waals surface area contributed by atoms with Crippen LogP contribution in [0.2, 0.25) is 5.02 Å². The molecule has 0 aromatic heterocycles. The summed E-state index contributed by atoms with van der Waals surface area (Å²) in [5.41, 5.74) is 6.91. The van der Waals surface area contributed by atoms with Crippen molar-refractivity contribution in [2.75, 3.05) is 26.6 Å². The highest BCUT2D eigenvalue weighted by Gasteiger charge is 2.26. The van der Waals surface area contributed by atoms with Crippen LogP contribution in [0, 0.1) is 11.3 Å². The topological polar surface area (TPSA) is 77.8 Å². The number of nitrogens with zero attached hydrogens (tertiary/aromatic N) is 2. The summed E-state index contributed by atoms with van der Waals surface area (Å²) in [5.74, 6) is 1.87. The molecule has 0 bridgehead atoms. The number of nitriles is 1. The van der Waals surface area contributed by atoms with Gasteiger partial charge in [0.2, 0.25) is 0 Å². The van der Waals surface area contributed by atoms with Gasteiger partial charge in [-0.2, -0.15) is 5.26 Å². The molecule has 2 aromatic rings. The van der Waals surface area contributed by atoms with Crippen molar-refractivity contribution in [3.8, 4) is 17.6 Å². The van der Waals surface area contributed by atoms with E-state index < -0.39 is 0 Å². The molecular weight excluding hydrogens is 449 g/mol. The van der Waals surface area contributed by atoms with E-state index in [9.17, 15) is 5.26 Å². The molecule has 1 atom stereocenters. The fourth-order valence-electron chi connectivity index (χ4n) is 4.05. The Morgan fingerprint density at radius 2 is 2.03 bits per heavy atom. The van der Waals surface area contributed by atoms with Gasteiger partial charge in [0, 0.05) is 19.0 Å². The fraction of sp³-hybridized carbons (Fsp3) is 0.458. The van der Waals surface area contributed by atoms with Crippen molar-refractivity contribution in [3.05, 3.63) is 57.6 Å². The molecule has 1 saturated carbocycles. The molecule has 172 valence electrons. The van der Waals surface area contributed by atoms with E-state index >= 15 is 0 Å². The second-order valence-corrected chi connectivity index (χ2v) is 8.75. The number of aryl methyl sites for hydroxylation is 1. The lowest BCUT2D eigenvalue weighted by atomic mass is 9.91. The molecule has 32 heavy (non-hydrogen) atoms. The molecule has 0 radical (unpaired) electrons. The second-order valence-electron chi connectivity index (χ2n) is 7.97. The molecule has 0 spiro atoms. The van der Waals surface area contributed by atoms with Gasteiger partial charge < -0.3 is 9.47 Å². The van der Waals surface area contributed by atoms with E-state index in [0.717, 1.165) is 29.3 Å². The Morgan fingerprint density at radius 1 is 1.25 bits per heavy atom. The van der Waals surface area contributed by atoms with Crippen molar-refractivity contribution in [1.82, 2.24) is 10.6 Å². The molecular formula is C24H29Cl2N3O3. The molecule has 2 N–H and O–H groups in total. The Kier molecular flexibility index (Phi) is 9.03. The van der Waals surface area contributed by atoms with Gasteiger partial charge >= 0.3 is 0 Å². The maximum Gasteiger partial charge on any atom is 0.155 e. The number of rotatable bonds is 7. The highest BCUT2D eigenvalue weighted by Crippen LogP contribution is 2.42. The van der Waals surface area contributed by atoms with E-state index in [1.807, 2.05) is 18.2 Å². The Bertz CT molecular complexity index is 958. The summed E-state index contributed by atoms with van der Waals surface area (Å²) in [6, 6.07) is 12.6. The van der Waals surface area contributed by atoms with Crippen LogP contribution in [-0.2, 0) is 6.42 Å². The first-order valence-corrected chi connectivity index (χ1v) is 11.7. The Hall–Kier alpha value is -2.01. The van der Waals surface area contributed by atoms with Crippen molar-refractivity contribution in [3.63, 3.8) is 0 Å². The number of methoxy groups -OCH3 is 1. The Labute approximate surface area is 199 Å². The number of hydroxylamine groups is 1. The largest absolute Gasteiger partial charge is 0.497 e. The molecule has 0 amide bonds. The molecule has 2 aliphatic rings. The number of nitrogens with one attached hydrogen (secondary N) is 1. The smallest absolute Gasteiger partial charge is 0.155 e. The zero-order valence-electron chi connectivity index (χ0n) is 18.4. The van der Waals surface area contributed by atoms with Crippen LogP contribution in [0.15, 0.2) is 30.3 Å². The van der Waals surface area contributed by atoms with E-state index in [1.54, 1.807) is 14.2 Å². The number of alkyl halides is 1. The van der Waals surface area contributed by atoms with Crippen LogP contribution in [-0.4, -0.2) is 43.1 Å². The monoisotopic (exact) mass is 477 g/mol. The van der Waals surface area contributed by atoms with Gasteiger partial charge in [-0.1, -0.05) is 24.1 Å². The third-order valence-corrected chi connectivity index (χ3v) is 6.25. The molecule has 1 fully saturated rings. The van der Waals surface area contributed by atoms with Crippen LogP contribution < -0.4 is 14.9 Å². The maximum absolute atomic E-state index is 9.43. The summed E-state index contributed by atoms with van der Waals surface area (Å²) in [4.78, 5) is 0. The van der Waals surface area contributed by atoms with Crippen molar-refractivity contribution < 1.29 is 14.7 Å². The van der Waals surface area contributed by atoms with Gasteiger partial charge in [-0.25, -0.2) is 5.43 Å². The zero-order valence-corrected chi connectivity index (χ0v) is 19.9. The minimum absolute atomic E-state index is 0.234. The first-order chi connectivity index (χ1) is 15.5. The van der Waals surface area contributed by atoms with Crippen molar-refractivity contribution in [2.45, 2.75) is 44.1 Å². The van der Waals surface area contributed by atoms with Gasteiger partial charge in [-0.05, 0) is 66.6 Å². The van der Waals surface area contributed by atoms with Gasteiger partial charge in [0.25, 0.3) is 0 Å². The lowest BCUT2D eigenvalue weighted by Gasteiger charge is -2.28. The van der Waals surface area contributed by atoms with Crippen molar-refractivity contribution in [2.24, 2.45) is 0 Å². The Morgan fingerprint density at radius 3 is 2.59 bits per heavy atom. The average Bonchev–Trinajstić information content (AvgIpc) is 3.18. The van der Waals surface area contributed by atoms with E-state index in [2.05, 4.69) is 23.6 Å². The molecule has 2 aliphatic carbocycles. The van der Waals surface area contributed by atoms with Gasteiger partial charge in [0.15, 0.2) is 5.75 Å². The predicted octanol–water partition coefficient (Wildman–Crippen LogP) is 5.28. The predicted molar refractivity (Wildman–Crippen MR) is 126 cm³/mol. The number of halogens is 2. The summed E-state index contributed by atoms with van der Waals surface area (Å²) < 4.78 is 10.8. The number of fused-ring (bicyclic) bond motifs is 1. The van der Waals surface area contributed by atoms with Gasteiger partial charge in [0.05, 0.1) is 23.6 Å². The number of hydrazine groups is 1. The van der Waals surface area contributed by atoms with E-state index in [1.165, 1.54) is 30.4 Å². The number of hydrogen-bond donors (Lipinski definition) is 2. The maximum atomic E-state index is 9.43. The first-order valence-electron chi connectivity index (χ1n) is 10.7. The molecule has 0 aliphatic heterocycles. The SMILES string of the molecule is CN(O)NC1CCC1.COc1ccc2c(c1)CCC2c1cc(Cl)c(OCCCl)c(C#N)c1. The highest BCUT2D eigenvalue weighted by atomic mass is 35.5. The fourth-order valence-corrected chi connectivity index (χ4v) is 4.41. The molecule has 1 unspecified atom stereocenters. The van der Waals surface area contributed by atoms with E-state index in [-0.39, 0.29) is 5.92 Å². The summed E-state index contributed by atoms with van der Waals surface area (Å²) in [6.45, 7) is 0.321. The molecule has 8 heteroatoms. The van der Waals surface area contributed by atoms with Crippen LogP contribution >= 0.6 is 23.2 Å². The van der Waals surface area contributed by atoms with Crippen molar-refractivity contribution in [1.29, 1.82) is 5.26 Å². The summed E-state index contributed by atoms with van der Waals surface area (Å²) in [5, 5.41) is 19.5. The average molecular weight is 478 g/mol. The van der Waals surface area contributed by atoms with Crippen LogP contribution in [0.4, 0.5) is 0 Å². The number of hydrogen-bond acceptors (Lipinski definition) is 6. The van der Waals surface area contributed by atoms with Gasteiger partial charge in [-0.15, -0.1) is 16.8 Å². The standard InChI is InChI=1S/C19H17Cl2NO2.C5H12N2O/c1-23-15-3-5-16-12(9-15)2-4-17(16)13-8-14(11-22)19(18(21)10-13)24-7-6-20;1-7(8)6-5-3-2-4-5/h3,5,8-10,17H,2,4,6-7H2,1H3;5-6,8H,2-4H2,1H3. The summed E-state index contributed by atoms with van der Waals surface area (Å²) in [7, 11) is 3.27. The third kappa shape index (κ3) is 6.06. The van der Waals surface area contributed by atoms with Crippen LogP contribution in [0.3, 0.4) is 0 Å². The lowest BCUT2D eigenvalue weighted by Crippen LogP contribution is -2.43. The summed E-state index contributed by atoms with van der Waals surface area (Å²) >= 11 is 12.0. The molecule has 6 nitrogen and oxygen atoms in total. The van der Waals surface area contributed by atoms with E-state index in [4.69, 9.17) is 37.9 Å². The van der Waals surface area contributed by atoms with E-state index in [0.29, 0.717) is 34.9 Å². The first kappa shape index (κ1) is 24.6. The molecule has 2 aromatic carbocycles. The van der Waals surface area contributed by atoms with Crippen LogP contribution in [0.25, 0.3) is 0 Å². The molecule has 0 saturated heterocycles. The van der Waals surface area contributed by atoms with Crippen LogP contribution in [0.5, 0.6) is 11.5 Å². The minimum Gasteiger partial charge on any atom is -0.497 e. The lowest BCUT2D eigenvalue weighted by molar-refractivity contribution is -0.129. The van der Waals surface area contributed by atoms with Gasteiger partial charge in [-0.3, -0.25) is 5.21 Å². The molecule has 4 rings (SSSR count).